The second-order valence-electron chi connectivity index (χ2n) is 17.0. The largest absolute Gasteiger partial charge is 0.495 e. The molecule has 2 aliphatic carbocycles. The van der Waals surface area contributed by atoms with Crippen LogP contribution >= 0.6 is 0 Å². The SMILES string of the molecule is CC1(C)OB(C2=C(c3ccccc3)C(B3OC(C)(C)C(C)(C)O3)=C(c3ccccc3)[C@H](B3OC(C)(C)C(C)(C)O3)C2)OC1(C)C.[CH3-].[CH]1C=CC=C1.[Co]. The summed E-state index contributed by atoms with van der Waals surface area (Å²) in [5, 5.41) is 0. The third-order valence-electron chi connectivity index (χ3n) is 12.0. The van der Waals surface area contributed by atoms with Gasteiger partial charge in [-0.15, -0.1) is 0 Å². The molecule has 1 atom stereocenters. The van der Waals surface area contributed by atoms with Crippen LogP contribution in [-0.4, -0.2) is 55.0 Å². The number of hydrogen-bond acceptors (Lipinski definition) is 6. The van der Waals surface area contributed by atoms with Crippen molar-refractivity contribution in [3.63, 3.8) is 0 Å². The van der Waals surface area contributed by atoms with Crippen LogP contribution in [0.3, 0.4) is 0 Å². The fourth-order valence-corrected chi connectivity index (χ4v) is 6.89. The van der Waals surface area contributed by atoms with Gasteiger partial charge in [0.05, 0.1) is 33.6 Å². The molecule has 0 aromatic heterocycles. The van der Waals surface area contributed by atoms with Crippen LogP contribution in [0.2, 0.25) is 5.82 Å². The third kappa shape index (κ3) is 7.83. The van der Waals surface area contributed by atoms with Gasteiger partial charge in [0.2, 0.25) is 0 Å². The molecule has 3 heterocycles. The molecule has 280 valence electrons. The summed E-state index contributed by atoms with van der Waals surface area (Å²) >= 11 is 0. The van der Waals surface area contributed by atoms with Gasteiger partial charge in [0.15, 0.2) is 0 Å². The molecule has 2 aromatic carbocycles. The first-order valence-electron chi connectivity index (χ1n) is 18.1. The van der Waals surface area contributed by atoms with E-state index in [1.54, 1.807) is 0 Å². The van der Waals surface area contributed by atoms with Gasteiger partial charge < -0.3 is 35.4 Å². The molecule has 5 aliphatic rings. The third-order valence-corrected chi connectivity index (χ3v) is 12.0. The van der Waals surface area contributed by atoms with Crippen LogP contribution in [0.5, 0.6) is 0 Å². The molecule has 3 fully saturated rings. The Balaban J connectivity index is 0.000000797. The predicted molar refractivity (Wildman–Crippen MR) is 212 cm³/mol. The summed E-state index contributed by atoms with van der Waals surface area (Å²) in [5.74, 6) is -0.191. The number of hydrogen-bond donors (Lipinski definition) is 0. The van der Waals surface area contributed by atoms with Gasteiger partial charge in [0, 0.05) is 29.0 Å². The molecular weight excluding hydrogens is 692 g/mol. The van der Waals surface area contributed by atoms with Gasteiger partial charge in [0.25, 0.3) is 0 Å². The normalized spacial score (nSPS) is 25.8. The minimum Gasteiger partial charge on any atom is -0.403 e. The van der Waals surface area contributed by atoms with Gasteiger partial charge in [-0.3, -0.25) is 0 Å². The Bertz CT molecular complexity index is 1640. The molecule has 6 nitrogen and oxygen atoms in total. The van der Waals surface area contributed by atoms with E-state index in [4.69, 9.17) is 27.9 Å². The van der Waals surface area contributed by atoms with Crippen LogP contribution in [0.4, 0.5) is 0 Å². The summed E-state index contributed by atoms with van der Waals surface area (Å²) in [4.78, 5) is 0. The van der Waals surface area contributed by atoms with Gasteiger partial charge in [-0.2, -0.15) is 0 Å². The zero-order chi connectivity index (χ0) is 36.3. The molecule has 2 radical (unpaired) electrons. The molecule has 0 N–H and O–H groups in total. The molecule has 52 heavy (non-hydrogen) atoms. The van der Waals surface area contributed by atoms with Crippen molar-refractivity contribution in [3.8, 4) is 0 Å². The van der Waals surface area contributed by atoms with Gasteiger partial charge in [-0.1, -0.05) is 85.0 Å². The van der Waals surface area contributed by atoms with Crippen molar-refractivity contribution in [2.75, 3.05) is 0 Å². The van der Waals surface area contributed by atoms with Gasteiger partial charge in [-0.05, 0) is 123 Å². The first kappa shape index (κ1) is 42.6. The minimum absolute atomic E-state index is 0. The number of benzene rings is 2. The summed E-state index contributed by atoms with van der Waals surface area (Å²) in [5.41, 5.74) is 3.19. The standard InChI is InChI=1S/C36H49B3O6.C5H5.CH3.Co/c1-31(2)32(3,4)41-37(40-31)26-23-27(38-42-33(5,6)34(7,8)43-38)29(25-21-17-14-18-22-25)30(28(26)24-19-15-13-16-20-24)39-44-35(9,10)36(11,12)45-39;1-2-4-5-3-1;;/h13-22,26H,23H2,1-12H3;1-5H;1H3;/q;;-1;/t26-;;;/m1.../s1. The van der Waals surface area contributed by atoms with Crippen LogP contribution in [0.25, 0.3) is 11.1 Å². The molecule has 0 unspecified atom stereocenters. The smallest absolute Gasteiger partial charge is 0.403 e. The molecule has 10 heteroatoms. The average molecular weight is 749 g/mol. The van der Waals surface area contributed by atoms with Crippen LogP contribution in [0, 0.1) is 13.8 Å². The van der Waals surface area contributed by atoms with Crippen molar-refractivity contribution in [2.24, 2.45) is 0 Å². The van der Waals surface area contributed by atoms with Gasteiger partial charge in [0.1, 0.15) is 0 Å². The Labute approximate surface area is 325 Å². The van der Waals surface area contributed by atoms with E-state index in [2.05, 4.69) is 138 Å². The maximum atomic E-state index is 6.92. The van der Waals surface area contributed by atoms with Crippen LogP contribution in [0.15, 0.2) is 95.9 Å². The van der Waals surface area contributed by atoms with Gasteiger partial charge in [-0.25, -0.2) is 0 Å². The Hall–Kier alpha value is -2.14. The van der Waals surface area contributed by atoms with Crippen molar-refractivity contribution >= 4 is 32.5 Å². The summed E-state index contributed by atoms with van der Waals surface area (Å²) in [6.07, 6.45) is 10.6. The van der Waals surface area contributed by atoms with E-state index in [-0.39, 0.29) is 30.0 Å². The minimum atomic E-state index is -0.650. The molecular formula is C42H57B3CoO6-. The van der Waals surface area contributed by atoms with E-state index in [0.29, 0.717) is 6.42 Å². The van der Waals surface area contributed by atoms with Crippen molar-refractivity contribution in [1.82, 2.24) is 0 Å². The fraction of sp³-hybridized carbons (Fsp3) is 0.476. The number of rotatable bonds is 5. The Morgan fingerprint density at radius 2 is 0.885 bits per heavy atom. The van der Waals surface area contributed by atoms with E-state index < -0.39 is 55.0 Å². The van der Waals surface area contributed by atoms with Crippen molar-refractivity contribution < 1.29 is 44.7 Å². The maximum Gasteiger partial charge on any atom is 0.495 e. The topological polar surface area (TPSA) is 55.4 Å². The second-order valence-corrected chi connectivity index (χ2v) is 17.0. The summed E-state index contributed by atoms with van der Waals surface area (Å²) in [6, 6.07) is 21.1. The zero-order valence-corrected chi connectivity index (χ0v) is 34.5. The van der Waals surface area contributed by atoms with Crippen LogP contribution in [0.1, 0.15) is 101 Å². The molecule has 0 saturated carbocycles. The predicted octanol–water partition coefficient (Wildman–Crippen LogP) is 9.79. The quantitative estimate of drug-likeness (QED) is 0.224. The molecule has 0 bridgehead atoms. The summed E-state index contributed by atoms with van der Waals surface area (Å²) in [7, 11) is -1.75. The van der Waals surface area contributed by atoms with Crippen molar-refractivity contribution in [1.29, 1.82) is 0 Å². The zero-order valence-electron chi connectivity index (χ0n) is 33.5. The first-order chi connectivity index (χ1) is 23.3. The number of allylic oxidation sites excluding steroid dienone is 8. The van der Waals surface area contributed by atoms with E-state index >= 15 is 0 Å². The fourth-order valence-electron chi connectivity index (χ4n) is 6.89. The molecule has 7 rings (SSSR count). The van der Waals surface area contributed by atoms with E-state index in [1.807, 2.05) is 36.8 Å². The molecule has 3 saturated heterocycles. The molecule has 0 spiro atoms. The van der Waals surface area contributed by atoms with E-state index in [9.17, 15) is 0 Å². The molecule has 3 aliphatic heterocycles. The van der Waals surface area contributed by atoms with E-state index in [0.717, 1.165) is 33.2 Å². The maximum absolute atomic E-state index is 6.92. The second kappa shape index (κ2) is 15.2. The van der Waals surface area contributed by atoms with E-state index in [1.165, 1.54) is 0 Å². The summed E-state index contributed by atoms with van der Waals surface area (Å²) in [6.45, 7) is 25.3. The van der Waals surface area contributed by atoms with Crippen molar-refractivity contribution in [2.45, 2.75) is 129 Å². The van der Waals surface area contributed by atoms with Crippen LogP contribution < -0.4 is 0 Å². The Morgan fingerprint density at radius 1 is 0.500 bits per heavy atom. The Morgan fingerprint density at radius 3 is 1.29 bits per heavy atom. The monoisotopic (exact) mass is 749 g/mol. The Kier molecular flexibility index (Phi) is 12.4. The van der Waals surface area contributed by atoms with Crippen molar-refractivity contribution in [3.05, 3.63) is 121 Å². The first-order valence-corrected chi connectivity index (χ1v) is 18.1. The van der Waals surface area contributed by atoms with Crippen LogP contribution in [-0.2, 0) is 44.7 Å². The average Bonchev–Trinajstić information content (AvgIpc) is 3.78. The van der Waals surface area contributed by atoms with Gasteiger partial charge >= 0.3 is 21.4 Å². The molecule has 0 amide bonds. The summed E-state index contributed by atoms with van der Waals surface area (Å²) < 4.78 is 41.1. The molecule has 2 aromatic rings.